The summed E-state index contributed by atoms with van der Waals surface area (Å²) in [7, 11) is 2.10. The minimum Gasteiger partial charge on any atom is -0.467 e. The number of benzene rings is 1. The van der Waals surface area contributed by atoms with Gasteiger partial charge in [0.15, 0.2) is 0 Å². The molecule has 142 valence electrons. The van der Waals surface area contributed by atoms with Crippen LogP contribution in [0.5, 0.6) is 0 Å². The molecule has 0 radical (unpaired) electrons. The second-order valence-corrected chi connectivity index (χ2v) is 7.58. The summed E-state index contributed by atoms with van der Waals surface area (Å²) in [6, 6.07) is 12.2. The van der Waals surface area contributed by atoms with Crippen molar-refractivity contribution in [3.63, 3.8) is 0 Å². The van der Waals surface area contributed by atoms with Gasteiger partial charge in [-0.25, -0.2) is 0 Å². The molecule has 27 heavy (non-hydrogen) atoms. The van der Waals surface area contributed by atoms with E-state index in [1.165, 1.54) is 16.5 Å². The van der Waals surface area contributed by atoms with E-state index in [1.807, 2.05) is 19.1 Å². The highest BCUT2D eigenvalue weighted by molar-refractivity contribution is 5.83. The Hall–Kier alpha value is -2.53. The van der Waals surface area contributed by atoms with Crippen molar-refractivity contribution in [1.82, 2.24) is 14.8 Å². The molecule has 5 nitrogen and oxygen atoms in total. The van der Waals surface area contributed by atoms with Crippen LogP contribution in [0.3, 0.4) is 0 Å². The average molecular weight is 365 g/mol. The summed E-state index contributed by atoms with van der Waals surface area (Å²) >= 11 is 0. The number of carbonyl (C=O) groups excluding carboxylic acids is 1. The predicted octanol–water partition coefficient (Wildman–Crippen LogP) is 3.86. The minimum atomic E-state index is -0.0822. The number of fused-ring (bicyclic) bond motifs is 1. The molecule has 3 aromatic rings. The molecule has 0 bridgehead atoms. The van der Waals surface area contributed by atoms with Gasteiger partial charge < -0.3 is 14.3 Å². The van der Waals surface area contributed by atoms with Crippen molar-refractivity contribution in [3.8, 4) is 0 Å². The Morgan fingerprint density at radius 3 is 2.74 bits per heavy atom. The normalized spacial score (nSPS) is 17.3. The zero-order valence-electron chi connectivity index (χ0n) is 16.0. The second-order valence-electron chi connectivity index (χ2n) is 7.58. The van der Waals surface area contributed by atoms with Crippen molar-refractivity contribution in [2.24, 2.45) is 13.0 Å². The summed E-state index contributed by atoms with van der Waals surface area (Å²) in [6.07, 6.45) is 5.68. The maximum atomic E-state index is 12.6. The van der Waals surface area contributed by atoms with Gasteiger partial charge in [0.25, 0.3) is 0 Å². The number of aromatic nitrogens is 1. The number of nitrogens with zero attached hydrogens (tertiary/aromatic N) is 2. The Bertz CT molecular complexity index is 905. The highest BCUT2D eigenvalue weighted by Gasteiger charge is 2.26. The highest BCUT2D eigenvalue weighted by atomic mass is 16.3. The first kappa shape index (κ1) is 17.9. The number of nitrogens with one attached hydrogen (secondary N) is 1. The van der Waals surface area contributed by atoms with E-state index in [1.54, 1.807) is 6.26 Å². The molecule has 3 heterocycles. The highest BCUT2D eigenvalue weighted by Crippen LogP contribution is 2.25. The fourth-order valence-corrected chi connectivity index (χ4v) is 4.09. The van der Waals surface area contributed by atoms with E-state index in [2.05, 4.69) is 52.3 Å². The van der Waals surface area contributed by atoms with Gasteiger partial charge in [-0.3, -0.25) is 9.69 Å². The summed E-state index contributed by atoms with van der Waals surface area (Å²) in [5.74, 6) is 1.03. The molecule has 1 aliphatic heterocycles. The lowest BCUT2D eigenvalue weighted by Crippen LogP contribution is -2.40. The molecular formula is C22H27N3O2. The number of likely N-dealkylation sites (tertiary alicyclic amines) is 1. The molecule has 0 unspecified atom stereocenters. The molecule has 5 heteroatoms. The van der Waals surface area contributed by atoms with Gasteiger partial charge in [-0.05, 0) is 56.6 Å². The zero-order chi connectivity index (χ0) is 18.8. The lowest BCUT2D eigenvalue weighted by Gasteiger charge is -2.31. The molecule has 1 aromatic carbocycles. The molecule has 1 atom stereocenters. The fraction of sp³-hybridized carbons (Fsp3) is 0.409. The maximum absolute atomic E-state index is 12.6. The van der Waals surface area contributed by atoms with E-state index in [-0.39, 0.29) is 17.9 Å². The van der Waals surface area contributed by atoms with Crippen molar-refractivity contribution in [2.75, 3.05) is 13.1 Å². The first-order valence-electron chi connectivity index (χ1n) is 9.71. The van der Waals surface area contributed by atoms with Crippen molar-refractivity contribution in [1.29, 1.82) is 0 Å². The number of piperidine rings is 1. The summed E-state index contributed by atoms with van der Waals surface area (Å²) in [5.41, 5.74) is 2.64. The maximum Gasteiger partial charge on any atom is 0.223 e. The molecule has 4 rings (SSSR count). The number of hydrogen-bond acceptors (Lipinski definition) is 3. The predicted molar refractivity (Wildman–Crippen MR) is 106 cm³/mol. The third-order valence-electron chi connectivity index (χ3n) is 5.66. The first-order chi connectivity index (χ1) is 13.1. The molecule has 1 saturated heterocycles. The Balaban J connectivity index is 1.33. The quantitative estimate of drug-likeness (QED) is 0.747. The third kappa shape index (κ3) is 3.78. The summed E-state index contributed by atoms with van der Waals surface area (Å²) in [4.78, 5) is 15.0. The van der Waals surface area contributed by atoms with Gasteiger partial charge in [-0.1, -0.05) is 18.2 Å². The monoisotopic (exact) mass is 365 g/mol. The van der Waals surface area contributed by atoms with Crippen LogP contribution >= 0.6 is 0 Å². The van der Waals surface area contributed by atoms with Crippen molar-refractivity contribution >= 4 is 16.8 Å². The number of furan rings is 1. The van der Waals surface area contributed by atoms with Crippen LogP contribution < -0.4 is 5.32 Å². The lowest BCUT2D eigenvalue weighted by atomic mass is 9.95. The lowest BCUT2D eigenvalue weighted by molar-refractivity contribution is -0.127. The number of rotatable bonds is 5. The number of carbonyl (C=O) groups is 1. The van der Waals surface area contributed by atoms with Crippen molar-refractivity contribution in [2.45, 2.75) is 32.4 Å². The fourth-order valence-electron chi connectivity index (χ4n) is 4.09. The number of hydrogen-bond donors (Lipinski definition) is 1. The Labute approximate surface area is 159 Å². The van der Waals surface area contributed by atoms with E-state index in [0.717, 1.165) is 38.2 Å². The number of aryl methyl sites for hydroxylation is 1. The molecule has 1 fully saturated rings. The third-order valence-corrected chi connectivity index (χ3v) is 5.66. The summed E-state index contributed by atoms with van der Waals surface area (Å²) < 4.78 is 7.57. The topological polar surface area (TPSA) is 50.4 Å². The largest absolute Gasteiger partial charge is 0.467 e. The molecule has 0 spiro atoms. The van der Waals surface area contributed by atoms with Gasteiger partial charge >= 0.3 is 0 Å². The zero-order valence-corrected chi connectivity index (χ0v) is 16.0. The minimum absolute atomic E-state index is 0.0822. The number of para-hydroxylation sites is 1. The molecule has 0 aliphatic carbocycles. The van der Waals surface area contributed by atoms with Crippen LogP contribution in [0.2, 0.25) is 0 Å². The SMILES string of the molecule is C[C@@H](NC(=O)C1CCN(Cc2cn(C)c3ccccc23)CC1)c1ccco1. The summed E-state index contributed by atoms with van der Waals surface area (Å²) in [6.45, 7) is 4.82. The Kier molecular flexibility index (Phi) is 5.03. The average Bonchev–Trinajstić information content (AvgIpc) is 3.32. The molecule has 0 saturated carbocycles. The van der Waals surface area contributed by atoms with Gasteiger partial charge in [0.1, 0.15) is 5.76 Å². The van der Waals surface area contributed by atoms with Gasteiger partial charge in [0.05, 0.1) is 12.3 Å². The van der Waals surface area contributed by atoms with Crippen LogP contribution in [-0.2, 0) is 18.4 Å². The molecule has 2 aromatic heterocycles. The molecule has 1 aliphatic rings. The van der Waals surface area contributed by atoms with E-state index in [0.29, 0.717) is 0 Å². The smallest absolute Gasteiger partial charge is 0.223 e. The van der Waals surface area contributed by atoms with Gasteiger partial charge in [0, 0.05) is 36.6 Å². The van der Waals surface area contributed by atoms with Gasteiger partial charge in [-0.2, -0.15) is 0 Å². The Morgan fingerprint density at radius 1 is 1.22 bits per heavy atom. The first-order valence-corrected chi connectivity index (χ1v) is 9.71. The van der Waals surface area contributed by atoms with Crippen LogP contribution in [0.15, 0.2) is 53.3 Å². The van der Waals surface area contributed by atoms with E-state index < -0.39 is 0 Å². The number of amides is 1. The second kappa shape index (κ2) is 7.61. The summed E-state index contributed by atoms with van der Waals surface area (Å²) in [5, 5.41) is 4.42. The van der Waals surface area contributed by atoms with Crippen LogP contribution in [-0.4, -0.2) is 28.5 Å². The van der Waals surface area contributed by atoms with Crippen LogP contribution in [0.1, 0.15) is 37.1 Å². The van der Waals surface area contributed by atoms with Crippen LogP contribution in [0, 0.1) is 5.92 Å². The Morgan fingerprint density at radius 2 is 2.00 bits per heavy atom. The van der Waals surface area contributed by atoms with E-state index in [4.69, 9.17) is 4.42 Å². The van der Waals surface area contributed by atoms with E-state index in [9.17, 15) is 4.79 Å². The molecule has 1 N–H and O–H groups in total. The standard InChI is InChI=1S/C22H27N3O2/c1-16(21-8-5-13-27-21)23-22(26)17-9-11-25(12-10-17)15-18-14-24(2)20-7-4-3-6-19(18)20/h3-8,13-14,16-17H,9-12,15H2,1-2H3,(H,23,26)/t16-/m1/s1. The van der Waals surface area contributed by atoms with Crippen molar-refractivity contribution < 1.29 is 9.21 Å². The molecule has 1 amide bonds. The van der Waals surface area contributed by atoms with Gasteiger partial charge in [0.2, 0.25) is 5.91 Å². The van der Waals surface area contributed by atoms with Gasteiger partial charge in [-0.15, -0.1) is 0 Å². The van der Waals surface area contributed by atoms with Crippen LogP contribution in [0.4, 0.5) is 0 Å². The van der Waals surface area contributed by atoms with Crippen LogP contribution in [0.25, 0.3) is 10.9 Å². The van der Waals surface area contributed by atoms with E-state index >= 15 is 0 Å². The van der Waals surface area contributed by atoms with Crippen molar-refractivity contribution in [3.05, 3.63) is 60.2 Å². The molecular weight excluding hydrogens is 338 g/mol.